The lowest BCUT2D eigenvalue weighted by atomic mass is 10.1. The van der Waals surface area contributed by atoms with Crippen molar-refractivity contribution in [2.24, 2.45) is 0 Å². The molecule has 2 saturated heterocycles. The highest BCUT2D eigenvalue weighted by Gasteiger charge is 2.38. The Hall–Kier alpha value is -2.45. The highest BCUT2D eigenvalue weighted by atomic mass is 16.3. The monoisotopic (exact) mass is 357 g/mol. The number of carbonyl (C=O) groups excluding carboxylic acids is 2. The van der Waals surface area contributed by atoms with Crippen LogP contribution in [0.1, 0.15) is 10.4 Å². The van der Waals surface area contributed by atoms with Gasteiger partial charge >= 0.3 is 0 Å². The molecule has 2 aliphatic rings. The number of benzene rings is 1. The van der Waals surface area contributed by atoms with Crippen molar-refractivity contribution < 1.29 is 14.7 Å². The van der Waals surface area contributed by atoms with Gasteiger partial charge in [-0.2, -0.15) is 0 Å². The first kappa shape index (κ1) is 17.0. The second-order valence-electron chi connectivity index (χ2n) is 6.93. The van der Waals surface area contributed by atoms with Crippen LogP contribution in [-0.4, -0.2) is 93.6 Å². The Labute approximate surface area is 151 Å². The van der Waals surface area contributed by atoms with Crippen LogP contribution in [0, 0.1) is 0 Å². The topological polar surface area (TPSA) is 81.9 Å². The minimum atomic E-state index is -0.237. The fourth-order valence-electron chi connectivity index (χ4n) is 3.82. The maximum absolute atomic E-state index is 12.9. The van der Waals surface area contributed by atoms with Crippen molar-refractivity contribution in [3.8, 4) is 0 Å². The smallest absolute Gasteiger partial charge is 0.254 e. The minimum Gasteiger partial charge on any atom is -0.395 e. The van der Waals surface area contributed by atoms with Crippen molar-refractivity contribution in [2.45, 2.75) is 12.6 Å². The summed E-state index contributed by atoms with van der Waals surface area (Å²) in [6.07, 6.45) is 1.67. The summed E-state index contributed by atoms with van der Waals surface area (Å²) in [6.45, 7) is 3.91. The Morgan fingerprint density at radius 2 is 2.08 bits per heavy atom. The molecular formula is C18H23N5O3. The summed E-state index contributed by atoms with van der Waals surface area (Å²) in [5, 5.41) is 9.10. The Morgan fingerprint density at radius 1 is 1.27 bits per heavy atom. The van der Waals surface area contributed by atoms with E-state index in [1.165, 1.54) is 0 Å². The van der Waals surface area contributed by atoms with Gasteiger partial charge in [-0.25, -0.2) is 4.98 Å². The molecule has 2 fully saturated rings. The lowest BCUT2D eigenvalue weighted by Gasteiger charge is -2.45. The van der Waals surface area contributed by atoms with E-state index in [4.69, 9.17) is 5.11 Å². The molecule has 0 saturated carbocycles. The molecule has 3 heterocycles. The summed E-state index contributed by atoms with van der Waals surface area (Å²) in [5.41, 5.74) is 2.21. The number of likely N-dealkylation sites (N-methyl/N-ethyl adjacent to an activating group) is 1. The lowest BCUT2D eigenvalue weighted by Crippen LogP contribution is -2.64. The Balaban J connectivity index is 1.54. The van der Waals surface area contributed by atoms with Crippen LogP contribution in [0.5, 0.6) is 0 Å². The number of nitrogens with zero attached hydrogens (tertiary/aromatic N) is 5. The number of amides is 2. The maximum atomic E-state index is 12.9. The van der Waals surface area contributed by atoms with E-state index in [1.807, 2.05) is 17.7 Å². The molecular weight excluding hydrogens is 334 g/mol. The van der Waals surface area contributed by atoms with E-state index in [2.05, 4.69) is 9.88 Å². The predicted molar refractivity (Wildman–Crippen MR) is 95.7 cm³/mol. The number of imidazole rings is 1. The summed E-state index contributed by atoms with van der Waals surface area (Å²) >= 11 is 0. The molecule has 0 aliphatic carbocycles. The van der Waals surface area contributed by atoms with Gasteiger partial charge in [0, 0.05) is 51.9 Å². The third-order valence-electron chi connectivity index (χ3n) is 5.37. The SMILES string of the molecule is CN1CCN2CCN(C(=O)c3ccc4c(c3)ncn4CCO)C[C@@H]2C1=O. The van der Waals surface area contributed by atoms with Crippen LogP contribution >= 0.6 is 0 Å². The summed E-state index contributed by atoms with van der Waals surface area (Å²) in [6, 6.07) is 5.20. The number of hydrogen-bond acceptors (Lipinski definition) is 5. The van der Waals surface area contributed by atoms with Crippen molar-refractivity contribution in [1.82, 2.24) is 24.3 Å². The average Bonchev–Trinajstić information content (AvgIpc) is 3.06. The number of piperazine rings is 2. The van der Waals surface area contributed by atoms with Gasteiger partial charge in [-0.3, -0.25) is 14.5 Å². The van der Waals surface area contributed by atoms with E-state index < -0.39 is 0 Å². The predicted octanol–water partition coefficient (Wildman–Crippen LogP) is -0.373. The van der Waals surface area contributed by atoms with Crippen molar-refractivity contribution in [3.05, 3.63) is 30.1 Å². The number of hydrogen-bond donors (Lipinski definition) is 1. The largest absolute Gasteiger partial charge is 0.395 e. The van der Waals surface area contributed by atoms with Crippen LogP contribution < -0.4 is 0 Å². The Kier molecular flexibility index (Phi) is 4.37. The van der Waals surface area contributed by atoms with E-state index >= 15 is 0 Å². The highest BCUT2D eigenvalue weighted by molar-refractivity contribution is 5.98. The Morgan fingerprint density at radius 3 is 2.88 bits per heavy atom. The molecule has 1 aromatic carbocycles. The molecule has 2 aromatic rings. The quantitative estimate of drug-likeness (QED) is 0.810. The zero-order valence-corrected chi connectivity index (χ0v) is 14.8. The molecule has 8 nitrogen and oxygen atoms in total. The van der Waals surface area contributed by atoms with Crippen molar-refractivity contribution in [1.29, 1.82) is 0 Å². The molecule has 1 N–H and O–H groups in total. The molecule has 8 heteroatoms. The van der Waals surface area contributed by atoms with Gasteiger partial charge in [0.05, 0.1) is 24.0 Å². The van der Waals surface area contributed by atoms with E-state index in [-0.39, 0.29) is 24.5 Å². The first-order valence-electron chi connectivity index (χ1n) is 8.92. The maximum Gasteiger partial charge on any atom is 0.254 e. The summed E-state index contributed by atoms with van der Waals surface area (Å²) in [5.74, 6) is 0.0243. The lowest BCUT2D eigenvalue weighted by molar-refractivity contribution is -0.142. The fourth-order valence-corrected chi connectivity index (χ4v) is 3.82. The third-order valence-corrected chi connectivity index (χ3v) is 5.37. The van der Waals surface area contributed by atoms with Gasteiger partial charge < -0.3 is 19.5 Å². The molecule has 2 amide bonds. The molecule has 0 unspecified atom stereocenters. The van der Waals surface area contributed by atoms with Crippen LogP contribution in [0.4, 0.5) is 0 Å². The molecule has 138 valence electrons. The average molecular weight is 357 g/mol. The van der Waals surface area contributed by atoms with Crippen LogP contribution in [0.15, 0.2) is 24.5 Å². The molecule has 26 heavy (non-hydrogen) atoms. The molecule has 2 aliphatic heterocycles. The zero-order valence-electron chi connectivity index (χ0n) is 14.8. The zero-order chi connectivity index (χ0) is 18.3. The molecule has 0 spiro atoms. The second kappa shape index (κ2) is 6.69. The van der Waals surface area contributed by atoms with Gasteiger partial charge in [0.25, 0.3) is 5.91 Å². The van der Waals surface area contributed by atoms with Crippen LogP contribution in [0.3, 0.4) is 0 Å². The van der Waals surface area contributed by atoms with Crippen molar-refractivity contribution >= 4 is 22.8 Å². The van der Waals surface area contributed by atoms with Crippen molar-refractivity contribution in [3.63, 3.8) is 0 Å². The number of fused-ring (bicyclic) bond motifs is 2. The number of aliphatic hydroxyl groups excluding tert-OH is 1. The Bertz CT molecular complexity index is 848. The number of aromatic nitrogens is 2. The first-order valence-corrected chi connectivity index (χ1v) is 8.92. The number of aliphatic hydroxyl groups is 1. The van der Waals surface area contributed by atoms with Gasteiger partial charge in [0.15, 0.2) is 0 Å². The van der Waals surface area contributed by atoms with Gasteiger partial charge in [0.1, 0.15) is 6.04 Å². The summed E-state index contributed by atoms with van der Waals surface area (Å²) in [4.78, 5) is 35.4. The van der Waals surface area contributed by atoms with Gasteiger partial charge in [-0.05, 0) is 18.2 Å². The second-order valence-corrected chi connectivity index (χ2v) is 6.93. The number of carbonyl (C=O) groups is 2. The molecule has 0 radical (unpaired) electrons. The molecule has 0 bridgehead atoms. The molecule has 1 atom stereocenters. The van der Waals surface area contributed by atoms with Crippen molar-refractivity contribution in [2.75, 3.05) is 46.4 Å². The fraction of sp³-hybridized carbons (Fsp3) is 0.500. The van der Waals surface area contributed by atoms with E-state index in [0.717, 1.165) is 30.7 Å². The standard InChI is InChI=1S/C18H23N5O3/c1-20-4-5-21-6-7-22(11-16(21)18(20)26)17(25)13-2-3-15-14(10-13)19-12-23(15)8-9-24/h2-3,10,12,16,24H,4-9,11H2,1H3/t16-/m1/s1. The van der Waals surface area contributed by atoms with E-state index in [9.17, 15) is 9.59 Å². The van der Waals surface area contributed by atoms with Crippen LogP contribution in [-0.2, 0) is 11.3 Å². The van der Waals surface area contributed by atoms with E-state index in [1.54, 1.807) is 28.3 Å². The first-order chi connectivity index (χ1) is 12.6. The van der Waals surface area contributed by atoms with Gasteiger partial charge in [-0.1, -0.05) is 0 Å². The normalized spacial score (nSPS) is 21.3. The molecule has 4 rings (SSSR count). The third kappa shape index (κ3) is 2.85. The van der Waals surface area contributed by atoms with Crippen LogP contribution in [0.2, 0.25) is 0 Å². The van der Waals surface area contributed by atoms with Gasteiger partial charge in [0.2, 0.25) is 5.91 Å². The number of rotatable bonds is 3. The minimum absolute atomic E-state index is 0.0419. The van der Waals surface area contributed by atoms with Gasteiger partial charge in [-0.15, -0.1) is 0 Å². The summed E-state index contributed by atoms with van der Waals surface area (Å²) < 4.78 is 1.86. The molecule has 1 aromatic heterocycles. The summed E-state index contributed by atoms with van der Waals surface area (Å²) in [7, 11) is 1.82. The highest BCUT2D eigenvalue weighted by Crippen LogP contribution is 2.20. The van der Waals surface area contributed by atoms with E-state index in [0.29, 0.717) is 25.2 Å². The van der Waals surface area contributed by atoms with Crippen LogP contribution in [0.25, 0.3) is 11.0 Å².